The van der Waals surface area contributed by atoms with E-state index in [2.05, 4.69) is 15.6 Å². The molecule has 2 amide bonds. The third-order valence-electron chi connectivity index (χ3n) is 4.83. The molecular weight excluding hydrogens is 404 g/mol. The number of anilines is 1. The number of nitrogens with zero attached hydrogens (tertiary/aromatic N) is 2. The van der Waals surface area contributed by atoms with Gasteiger partial charge in [0.1, 0.15) is 11.9 Å². The monoisotopic (exact) mass is 433 g/mol. The van der Waals surface area contributed by atoms with Crippen molar-refractivity contribution in [2.45, 2.75) is 38.9 Å². The van der Waals surface area contributed by atoms with E-state index >= 15 is 0 Å². The van der Waals surface area contributed by atoms with E-state index in [1.54, 1.807) is 37.3 Å². The molecule has 2 aromatic rings. The van der Waals surface area contributed by atoms with Crippen molar-refractivity contribution in [2.75, 3.05) is 19.8 Å². The third-order valence-corrected chi connectivity index (χ3v) is 4.83. The topological polar surface area (TPSA) is 100 Å². The van der Waals surface area contributed by atoms with Crippen molar-refractivity contribution in [3.63, 3.8) is 0 Å². The summed E-state index contributed by atoms with van der Waals surface area (Å²) in [7, 11) is 3.56. The molecule has 168 valence electrons. The Labute approximate surface area is 181 Å². The first kappa shape index (κ1) is 24.2. The maximum absolute atomic E-state index is 13.6. The second-order valence-corrected chi connectivity index (χ2v) is 7.98. The van der Waals surface area contributed by atoms with E-state index in [0.717, 1.165) is 17.7 Å². The molecule has 1 aromatic carbocycles. The Morgan fingerprint density at radius 3 is 2.29 bits per heavy atom. The van der Waals surface area contributed by atoms with Crippen molar-refractivity contribution in [3.8, 4) is 0 Å². The number of nitrogens with two attached hydrogens (primary N) is 1. The summed E-state index contributed by atoms with van der Waals surface area (Å²) in [6.07, 6.45) is 1.55. The minimum absolute atomic E-state index is 0.00262. The van der Waals surface area contributed by atoms with Gasteiger partial charge in [-0.3, -0.25) is 14.5 Å². The van der Waals surface area contributed by atoms with E-state index in [9.17, 15) is 18.4 Å². The Hall–Kier alpha value is -3.07. The van der Waals surface area contributed by atoms with Crippen LogP contribution in [0.2, 0.25) is 0 Å². The third kappa shape index (κ3) is 6.99. The summed E-state index contributed by atoms with van der Waals surface area (Å²) in [5.41, 5.74) is 6.68. The smallest absolute Gasteiger partial charge is 0.243 e. The summed E-state index contributed by atoms with van der Waals surface area (Å²) < 4.78 is 26.9. The number of pyridine rings is 1. The zero-order valence-electron chi connectivity index (χ0n) is 18.2. The Balaban J connectivity index is 2.18. The van der Waals surface area contributed by atoms with Crippen molar-refractivity contribution in [2.24, 2.45) is 5.92 Å². The molecule has 0 bridgehead atoms. The van der Waals surface area contributed by atoms with Gasteiger partial charge in [-0.25, -0.2) is 13.8 Å². The lowest BCUT2D eigenvalue weighted by atomic mass is 10.00. The molecule has 0 radical (unpaired) electrons. The van der Waals surface area contributed by atoms with E-state index < -0.39 is 29.6 Å². The first-order valence-electron chi connectivity index (χ1n) is 9.97. The Bertz CT molecular complexity index is 895. The number of rotatable bonds is 9. The van der Waals surface area contributed by atoms with Gasteiger partial charge in [0, 0.05) is 19.2 Å². The van der Waals surface area contributed by atoms with E-state index in [4.69, 9.17) is 5.73 Å². The highest BCUT2D eigenvalue weighted by Gasteiger charge is 2.29. The van der Waals surface area contributed by atoms with E-state index in [-0.39, 0.29) is 24.8 Å². The summed E-state index contributed by atoms with van der Waals surface area (Å²) in [5, 5.41) is 5.51. The summed E-state index contributed by atoms with van der Waals surface area (Å²) >= 11 is 0. The molecule has 1 aromatic heterocycles. The summed E-state index contributed by atoms with van der Waals surface area (Å²) in [4.78, 5) is 31.5. The molecular formula is C22H29F2N5O2. The minimum Gasteiger partial charge on any atom is -0.384 e. The van der Waals surface area contributed by atoms with Gasteiger partial charge in [0.15, 0.2) is 11.6 Å². The number of halogens is 2. The van der Waals surface area contributed by atoms with Crippen LogP contribution in [-0.2, 0) is 22.6 Å². The Kier molecular flexibility index (Phi) is 8.44. The normalized spacial score (nSPS) is 13.2. The number of amides is 2. The molecule has 0 aliphatic rings. The average Bonchev–Trinajstić information content (AvgIpc) is 2.69. The second-order valence-electron chi connectivity index (χ2n) is 7.98. The molecule has 2 atom stereocenters. The van der Waals surface area contributed by atoms with Gasteiger partial charge in [0.25, 0.3) is 0 Å². The Morgan fingerprint density at radius 1 is 1.06 bits per heavy atom. The molecule has 31 heavy (non-hydrogen) atoms. The van der Waals surface area contributed by atoms with E-state index in [1.165, 1.54) is 6.07 Å². The highest BCUT2D eigenvalue weighted by atomic mass is 19.2. The SMILES string of the molecule is CC(C)C(C(=O)N[C@@H](Cc1ccc(F)c(F)c1)C(=O)NCc1ccc(N)nc1)N(C)C. The molecule has 9 heteroatoms. The lowest BCUT2D eigenvalue weighted by Gasteiger charge is -2.29. The van der Waals surface area contributed by atoms with Crippen LogP contribution in [0.25, 0.3) is 0 Å². The van der Waals surface area contributed by atoms with Gasteiger partial charge in [-0.2, -0.15) is 0 Å². The van der Waals surface area contributed by atoms with Crippen molar-refractivity contribution in [3.05, 3.63) is 59.3 Å². The van der Waals surface area contributed by atoms with Crippen LogP contribution in [0.4, 0.5) is 14.6 Å². The van der Waals surface area contributed by atoms with Crippen molar-refractivity contribution in [1.82, 2.24) is 20.5 Å². The number of aromatic nitrogens is 1. The molecule has 0 spiro atoms. The molecule has 0 aliphatic heterocycles. The zero-order chi connectivity index (χ0) is 23.1. The van der Waals surface area contributed by atoms with Gasteiger partial charge in [-0.15, -0.1) is 0 Å². The molecule has 0 saturated carbocycles. The second kappa shape index (κ2) is 10.8. The molecule has 0 fully saturated rings. The standard InChI is InChI=1S/C22H29F2N5O2/c1-13(2)20(29(3)4)22(31)28-18(10-14-5-7-16(23)17(24)9-14)21(30)27-12-15-6-8-19(25)26-11-15/h5-9,11,13,18,20H,10,12H2,1-4H3,(H2,25,26)(H,27,30)(H,28,31)/t18-,20?/m0/s1. The number of nitrogens with one attached hydrogen (secondary N) is 2. The number of nitrogen functional groups attached to an aromatic ring is 1. The average molecular weight is 434 g/mol. The zero-order valence-corrected chi connectivity index (χ0v) is 18.2. The van der Waals surface area contributed by atoms with Crippen LogP contribution in [0.3, 0.4) is 0 Å². The predicted molar refractivity (Wildman–Crippen MR) is 115 cm³/mol. The highest BCUT2D eigenvalue weighted by molar-refractivity contribution is 5.90. The molecule has 1 heterocycles. The first-order chi connectivity index (χ1) is 14.6. The molecule has 2 rings (SSSR count). The summed E-state index contributed by atoms with van der Waals surface area (Å²) in [6.45, 7) is 3.99. The van der Waals surface area contributed by atoms with Gasteiger partial charge in [0.2, 0.25) is 11.8 Å². The maximum atomic E-state index is 13.6. The van der Waals surface area contributed by atoms with Crippen LogP contribution in [0.1, 0.15) is 25.0 Å². The molecule has 7 nitrogen and oxygen atoms in total. The lowest BCUT2D eigenvalue weighted by molar-refractivity contribution is -0.132. The van der Waals surface area contributed by atoms with Crippen molar-refractivity contribution in [1.29, 1.82) is 0 Å². The van der Waals surface area contributed by atoms with E-state index in [1.807, 2.05) is 13.8 Å². The van der Waals surface area contributed by atoms with Crippen LogP contribution in [0.15, 0.2) is 36.5 Å². The predicted octanol–water partition coefficient (Wildman–Crippen LogP) is 1.87. The van der Waals surface area contributed by atoms with Crippen LogP contribution in [0, 0.1) is 17.6 Å². The van der Waals surface area contributed by atoms with E-state index in [0.29, 0.717) is 11.4 Å². The fraction of sp³-hybridized carbons (Fsp3) is 0.409. The van der Waals surface area contributed by atoms with Crippen molar-refractivity contribution < 1.29 is 18.4 Å². The summed E-state index contributed by atoms with van der Waals surface area (Å²) in [6, 6.07) is 5.33. The molecule has 4 N–H and O–H groups in total. The largest absolute Gasteiger partial charge is 0.384 e. The van der Waals surface area contributed by atoms with Crippen LogP contribution < -0.4 is 16.4 Å². The number of benzene rings is 1. The molecule has 0 saturated heterocycles. The molecule has 0 aliphatic carbocycles. The molecule has 1 unspecified atom stereocenters. The summed E-state index contributed by atoms with van der Waals surface area (Å²) in [5.74, 6) is -2.39. The van der Waals surface area contributed by atoms with Crippen molar-refractivity contribution >= 4 is 17.6 Å². The fourth-order valence-electron chi connectivity index (χ4n) is 3.36. The number of carbonyl (C=O) groups excluding carboxylic acids is 2. The number of carbonyl (C=O) groups is 2. The lowest BCUT2D eigenvalue weighted by Crippen LogP contribution is -2.54. The number of hydrogen-bond acceptors (Lipinski definition) is 5. The van der Waals surface area contributed by atoms with Gasteiger partial charge in [-0.1, -0.05) is 26.0 Å². The van der Waals surface area contributed by atoms with Crippen LogP contribution in [-0.4, -0.2) is 47.9 Å². The van der Waals surface area contributed by atoms with Gasteiger partial charge < -0.3 is 16.4 Å². The van der Waals surface area contributed by atoms with Gasteiger partial charge in [-0.05, 0) is 49.3 Å². The quantitative estimate of drug-likeness (QED) is 0.561. The highest BCUT2D eigenvalue weighted by Crippen LogP contribution is 2.13. The number of hydrogen-bond donors (Lipinski definition) is 3. The first-order valence-corrected chi connectivity index (χ1v) is 9.97. The van der Waals surface area contributed by atoms with Gasteiger partial charge >= 0.3 is 0 Å². The van der Waals surface area contributed by atoms with Crippen LogP contribution in [0.5, 0.6) is 0 Å². The van der Waals surface area contributed by atoms with Gasteiger partial charge in [0.05, 0.1) is 6.04 Å². The number of likely N-dealkylation sites (N-methyl/N-ethyl adjacent to an activating group) is 1. The fourth-order valence-corrected chi connectivity index (χ4v) is 3.36. The maximum Gasteiger partial charge on any atom is 0.243 e. The minimum atomic E-state index is -1.01. The Morgan fingerprint density at radius 2 is 1.74 bits per heavy atom. The van der Waals surface area contributed by atoms with Crippen LogP contribution >= 0.6 is 0 Å².